The first-order valence-corrected chi connectivity index (χ1v) is 7.39. The molecule has 0 aromatic carbocycles. The Morgan fingerprint density at radius 1 is 1.32 bits per heavy atom. The molecule has 1 aromatic rings. The minimum absolute atomic E-state index is 0.323. The largest absolute Gasteiger partial charge is 0.384 e. The normalized spacial score (nSPS) is 23.3. The van der Waals surface area contributed by atoms with Gasteiger partial charge in [0.25, 0.3) is 0 Å². The summed E-state index contributed by atoms with van der Waals surface area (Å²) < 4.78 is 7.92. The van der Waals surface area contributed by atoms with E-state index in [1.54, 1.807) is 18.8 Å². The maximum atomic E-state index is 10.8. The Balaban J connectivity index is 2.28. The summed E-state index contributed by atoms with van der Waals surface area (Å²) in [5.74, 6) is 0. The van der Waals surface area contributed by atoms with Crippen LogP contribution in [0.4, 0.5) is 0 Å². The number of rotatable bonds is 3. The van der Waals surface area contributed by atoms with E-state index in [1.807, 2.05) is 0 Å². The lowest BCUT2D eigenvalue weighted by molar-refractivity contribution is -0.140. The number of aromatic nitrogens is 3. The molecule has 108 valence electrons. The van der Waals surface area contributed by atoms with E-state index in [0.29, 0.717) is 15.7 Å². The summed E-state index contributed by atoms with van der Waals surface area (Å²) in [6.45, 7) is 4.53. The van der Waals surface area contributed by atoms with Crippen LogP contribution >= 0.6 is 15.9 Å². The Labute approximate surface area is 122 Å². The van der Waals surface area contributed by atoms with Crippen LogP contribution in [0.3, 0.4) is 0 Å². The van der Waals surface area contributed by atoms with E-state index in [1.165, 1.54) is 0 Å². The van der Waals surface area contributed by atoms with Gasteiger partial charge in [-0.3, -0.25) is 0 Å². The molecule has 0 radical (unpaired) electrons. The highest BCUT2D eigenvalue weighted by molar-refractivity contribution is 9.10. The lowest BCUT2D eigenvalue weighted by Gasteiger charge is -2.45. The van der Waals surface area contributed by atoms with Gasteiger partial charge < -0.3 is 9.84 Å². The van der Waals surface area contributed by atoms with Gasteiger partial charge in [0.1, 0.15) is 11.8 Å². The van der Waals surface area contributed by atoms with Gasteiger partial charge in [-0.15, -0.1) is 5.10 Å². The van der Waals surface area contributed by atoms with Gasteiger partial charge in [0.15, 0.2) is 4.60 Å². The van der Waals surface area contributed by atoms with Crippen molar-refractivity contribution in [2.24, 2.45) is 12.5 Å². The molecule has 1 aromatic heterocycles. The van der Waals surface area contributed by atoms with E-state index in [4.69, 9.17) is 4.74 Å². The van der Waals surface area contributed by atoms with Crippen LogP contribution < -0.4 is 0 Å². The third-order valence-electron chi connectivity index (χ3n) is 4.44. The fourth-order valence-corrected chi connectivity index (χ4v) is 3.36. The fraction of sp³-hybridized carbons (Fsp3) is 0.846. The van der Waals surface area contributed by atoms with Crippen molar-refractivity contribution in [2.75, 3.05) is 7.11 Å². The predicted molar refractivity (Wildman–Crippen MR) is 75.7 cm³/mol. The molecule has 0 bridgehead atoms. The second-order valence-corrected chi connectivity index (χ2v) is 6.98. The number of aliphatic hydroxyl groups is 1. The second-order valence-electron chi connectivity index (χ2n) is 6.22. The number of aliphatic hydroxyl groups excluding tert-OH is 1. The summed E-state index contributed by atoms with van der Waals surface area (Å²) in [7, 11) is 3.46. The van der Waals surface area contributed by atoms with Gasteiger partial charge in [-0.25, -0.2) is 4.68 Å². The highest BCUT2D eigenvalue weighted by Gasteiger charge is 2.46. The number of methoxy groups -OCH3 is 1. The molecule has 0 spiro atoms. The Kier molecular flexibility index (Phi) is 4.05. The number of nitrogens with zero attached hydrogens (tertiary/aromatic N) is 3. The van der Waals surface area contributed by atoms with Crippen LogP contribution in [-0.4, -0.2) is 32.8 Å². The minimum Gasteiger partial charge on any atom is -0.384 e. The standard InChI is InChI=1S/C13H22BrN3O2/c1-12(2)5-7-13(19-4,8-6-12)10(18)9-11(14)15-16-17(9)3/h10,18H,5-8H2,1-4H3. The van der Waals surface area contributed by atoms with Gasteiger partial charge >= 0.3 is 0 Å². The first-order chi connectivity index (χ1) is 8.81. The number of ether oxygens (including phenoxy) is 1. The quantitative estimate of drug-likeness (QED) is 0.924. The third kappa shape index (κ3) is 2.71. The topological polar surface area (TPSA) is 60.2 Å². The summed E-state index contributed by atoms with van der Waals surface area (Å²) in [5, 5.41) is 18.6. The molecule has 1 fully saturated rings. The predicted octanol–water partition coefficient (Wildman–Crippen LogP) is 2.60. The molecule has 6 heteroatoms. The zero-order valence-electron chi connectivity index (χ0n) is 12.0. The average molecular weight is 332 g/mol. The smallest absolute Gasteiger partial charge is 0.154 e. The Hall–Kier alpha value is -0.460. The Morgan fingerprint density at radius 2 is 1.89 bits per heavy atom. The number of aryl methyl sites for hydroxylation is 1. The first-order valence-electron chi connectivity index (χ1n) is 6.60. The van der Waals surface area contributed by atoms with Crippen LogP contribution in [0, 0.1) is 5.41 Å². The van der Waals surface area contributed by atoms with Gasteiger partial charge in [0.2, 0.25) is 0 Å². The second kappa shape index (κ2) is 5.14. The van der Waals surface area contributed by atoms with Crippen LogP contribution in [0.5, 0.6) is 0 Å². The number of hydrogen-bond acceptors (Lipinski definition) is 4. The molecule has 1 unspecified atom stereocenters. The molecule has 1 N–H and O–H groups in total. The molecule has 0 aliphatic heterocycles. The molecular formula is C13H22BrN3O2. The SMILES string of the molecule is COC1(C(O)c2c(Br)nnn2C)CCC(C)(C)CC1. The van der Waals surface area contributed by atoms with Crippen LogP contribution in [-0.2, 0) is 11.8 Å². The average Bonchev–Trinajstić information content (AvgIpc) is 2.69. The van der Waals surface area contributed by atoms with Crippen molar-refractivity contribution in [3.8, 4) is 0 Å². The van der Waals surface area contributed by atoms with Gasteiger partial charge in [-0.1, -0.05) is 19.1 Å². The van der Waals surface area contributed by atoms with E-state index in [0.717, 1.165) is 25.7 Å². The van der Waals surface area contributed by atoms with Crippen LogP contribution in [0.15, 0.2) is 4.60 Å². The van der Waals surface area contributed by atoms with Gasteiger partial charge in [-0.05, 0) is 47.0 Å². The van der Waals surface area contributed by atoms with Crippen molar-refractivity contribution < 1.29 is 9.84 Å². The molecule has 1 aliphatic carbocycles. The Bertz CT molecular complexity index is 429. The molecule has 0 amide bonds. The highest BCUT2D eigenvalue weighted by atomic mass is 79.9. The molecule has 1 atom stereocenters. The minimum atomic E-state index is -0.719. The summed E-state index contributed by atoms with van der Waals surface area (Å²) >= 11 is 3.35. The van der Waals surface area contributed by atoms with E-state index in [-0.39, 0.29) is 0 Å². The zero-order chi connectivity index (χ0) is 14.3. The molecular weight excluding hydrogens is 310 g/mol. The zero-order valence-corrected chi connectivity index (χ0v) is 13.6. The van der Waals surface area contributed by atoms with Crippen molar-refractivity contribution in [1.29, 1.82) is 0 Å². The molecule has 1 heterocycles. The number of hydrogen-bond donors (Lipinski definition) is 1. The van der Waals surface area contributed by atoms with E-state index < -0.39 is 11.7 Å². The maximum absolute atomic E-state index is 10.8. The van der Waals surface area contributed by atoms with E-state index >= 15 is 0 Å². The fourth-order valence-electron chi connectivity index (χ4n) is 2.82. The van der Waals surface area contributed by atoms with Crippen LogP contribution in [0.1, 0.15) is 51.3 Å². The highest BCUT2D eigenvalue weighted by Crippen LogP contribution is 2.47. The molecule has 19 heavy (non-hydrogen) atoms. The van der Waals surface area contributed by atoms with Crippen molar-refractivity contribution >= 4 is 15.9 Å². The maximum Gasteiger partial charge on any atom is 0.154 e. The monoisotopic (exact) mass is 331 g/mol. The molecule has 2 rings (SSSR count). The summed E-state index contributed by atoms with van der Waals surface area (Å²) in [6, 6.07) is 0. The summed E-state index contributed by atoms with van der Waals surface area (Å²) in [4.78, 5) is 0. The Morgan fingerprint density at radius 3 is 2.32 bits per heavy atom. The van der Waals surface area contributed by atoms with Gasteiger partial charge in [-0.2, -0.15) is 0 Å². The molecule has 5 nitrogen and oxygen atoms in total. The molecule has 1 saturated carbocycles. The van der Waals surface area contributed by atoms with Crippen molar-refractivity contribution in [3.05, 3.63) is 10.3 Å². The van der Waals surface area contributed by atoms with E-state index in [2.05, 4.69) is 40.1 Å². The summed E-state index contributed by atoms with van der Waals surface area (Å²) in [5.41, 5.74) is 0.471. The number of halogens is 1. The third-order valence-corrected chi connectivity index (χ3v) is 5.01. The lowest BCUT2D eigenvalue weighted by atomic mass is 9.68. The van der Waals surface area contributed by atoms with Gasteiger partial charge in [0.05, 0.1) is 5.60 Å². The van der Waals surface area contributed by atoms with Crippen LogP contribution in [0.2, 0.25) is 0 Å². The molecule has 0 saturated heterocycles. The van der Waals surface area contributed by atoms with Crippen LogP contribution in [0.25, 0.3) is 0 Å². The molecule has 1 aliphatic rings. The van der Waals surface area contributed by atoms with Crippen molar-refractivity contribution in [2.45, 2.75) is 51.2 Å². The summed E-state index contributed by atoms with van der Waals surface area (Å²) in [6.07, 6.45) is 3.05. The first kappa shape index (κ1) is 14.9. The van der Waals surface area contributed by atoms with Crippen molar-refractivity contribution in [1.82, 2.24) is 15.0 Å². The van der Waals surface area contributed by atoms with Crippen molar-refractivity contribution in [3.63, 3.8) is 0 Å². The van der Waals surface area contributed by atoms with E-state index in [9.17, 15) is 5.11 Å². The lowest BCUT2D eigenvalue weighted by Crippen LogP contribution is -2.44. The van der Waals surface area contributed by atoms with Gasteiger partial charge in [0, 0.05) is 14.2 Å².